The molecular formula is C22H18FN5. The number of benzene rings is 2. The highest BCUT2D eigenvalue weighted by Gasteiger charge is 2.13. The van der Waals surface area contributed by atoms with E-state index in [1.54, 1.807) is 6.20 Å². The average molecular weight is 371 g/mol. The van der Waals surface area contributed by atoms with Crippen molar-refractivity contribution >= 4 is 16.6 Å². The smallest absolute Gasteiger partial charge is 0.124 e. The molecule has 2 aromatic carbocycles. The molecule has 0 unspecified atom stereocenters. The number of hydrogen-bond donors (Lipinski definition) is 1. The van der Waals surface area contributed by atoms with Gasteiger partial charge in [-0.1, -0.05) is 24.3 Å². The molecule has 6 heteroatoms. The number of nitrogens with zero attached hydrogens (tertiary/aromatic N) is 4. The fourth-order valence-electron chi connectivity index (χ4n) is 3.35. The monoisotopic (exact) mass is 371 g/mol. The number of pyridine rings is 1. The van der Waals surface area contributed by atoms with Crippen molar-refractivity contribution in [1.29, 1.82) is 5.26 Å². The molecule has 0 radical (unpaired) electrons. The van der Waals surface area contributed by atoms with Crippen LogP contribution in [0, 0.1) is 24.1 Å². The zero-order valence-corrected chi connectivity index (χ0v) is 15.4. The van der Waals surface area contributed by atoms with Crippen LogP contribution in [-0.4, -0.2) is 14.8 Å². The molecule has 2 aromatic heterocycles. The van der Waals surface area contributed by atoms with Gasteiger partial charge < -0.3 is 5.32 Å². The molecule has 0 aliphatic carbocycles. The summed E-state index contributed by atoms with van der Waals surface area (Å²) in [5.74, 6) is -0.343. The first-order chi connectivity index (χ1) is 13.7. The second-order valence-corrected chi connectivity index (χ2v) is 6.60. The second kappa shape index (κ2) is 7.49. The highest BCUT2D eigenvalue weighted by atomic mass is 19.1. The first kappa shape index (κ1) is 17.7. The van der Waals surface area contributed by atoms with Gasteiger partial charge in [0.25, 0.3) is 0 Å². The number of aromatic nitrogens is 3. The summed E-state index contributed by atoms with van der Waals surface area (Å²) in [6, 6.07) is 15.0. The van der Waals surface area contributed by atoms with Crippen molar-refractivity contribution in [3.63, 3.8) is 0 Å². The largest absolute Gasteiger partial charge is 0.379 e. The minimum Gasteiger partial charge on any atom is -0.379 e. The molecule has 0 amide bonds. The van der Waals surface area contributed by atoms with Crippen LogP contribution in [0.2, 0.25) is 0 Å². The van der Waals surface area contributed by atoms with Crippen LogP contribution in [0.15, 0.2) is 61.1 Å². The van der Waals surface area contributed by atoms with E-state index in [2.05, 4.69) is 27.5 Å². The maximum atomic E-state index is 14.0. The van der Waals surface area contributed by atoms with Crippen LogP contribution in [0.5, 0.6) is 0 Å². The number of aryl methyl sites for hydroxylation is 1. The fraction of sp³-hybridized carbons (Fsp3) is 0.136. The van der Waals surface area contributed by atoms with E-state index < -0.39 is 0 Å². The molecule has 0 aliphatic rings. The van der Waals surface area contributed by atoms with Crippen LogP contribution in [-0.2, 0) is 13.1 Å². The van der Waals surface area contributed by atoms with Crippen molar-refractivity contribution in [2.75, 3.05) is 5.32 Å². The molecule has 0 saturated heterocycles. The number of nitriles is 1. The van der Waals surface area contributed by atoms with Gasteiger partial charge in [0.05, 0.1) is 23.3 Å². The first-order valence-electron chi connectivity index (χ1n) is 8.93. The summed E-state index contributed by atoms with van der Waals surface area (Å²) in [5.41, 5.74) is 4.62. The lowest BCUT2D eigenvalue weighted by Gasteiger charge is -2.15. The Morgan fingerprint density at radius 1 is 1.18 bits per heavy atom. The van der Waals surface area contributed by atoms with Crippen molar-refractivity contribution in [3.8, 4) is 6.07 Å². The molecule has 0 saturated carbocycles. The SMILES string of the molecule is Cc1cc(F)cc2c(NCc3ccccc3Cn3cccn3)c(C#N)cnc12. The Balaban J connectivity index is 1.69. The molecular weight excluding hydrogens is 353 g/mol. The molecule has 0 spiro atoms. The summed E-state index contributed by atoms with van der Waals surface area (Å²) < 4.78 is 15.9. The second-order valence-electron chi connectivity index (χ2n) is 6.60. The molecule has 0 aliphatic heterocycles. The van der Waals surface area contributed by atoms with Gasteiger partial charge >= 0.3 is 0 Å². The lowest BCUT2D eigenvalue weighted by atomic mass is 10.0. The predicted octanol–water partition coefficient (Wildman–Crippen LogP) is 4.41. The highest BCUT2D eigenvalue weighted by molar-refractivity contribution is 5.95. The summed E-state index contributed by atoms with van der Waals surface area (Å²) >= 11 is 0. The summed E-state index contributed by atoms with van der Waals surface area (Å²) in [5, 5.41) is 17.7. The van der Waals surface area contributed by atoms with Crippen LogP contribution in [0.25, 0.3) is 10.9 Å². The van der Waals surface area contributed by atoms with Crippen molar-refractivity contribution in [2.45, 2.75) is 20.0 Å². The van der Waals surface area contributed by atoms with E-state index in [9.17, 15) is 9.65 Å². The summed E-state index contributed by atoms with van der Waals surface area (Å²) in [6.45, 7) is 2.97. The Morgan fingerprint density at radius 2 is 2.00 bits per heavy atom. The third kappa shape index (κ3) is 3.42. The molecule has 28 heavy (non-hydrogen) atoms. The van der Waals surface area contributed by atoms with E-state index in [-0.39, 0.29) is 5.82 Å². The summed E-state index contributed by atoms with van der Waals surface area (Å²) in [6.07, 6.45) is 5.20. The standard InChI is InChI=1S/C22H18FN5/c1-15-9-19(23)10-20-21(15)25-13-18(11-24)22(20)26-12-16-5-2-3-6-17(16)14-28-8-4-7-27-28/h2-10,13H,12,14H2,1H3,(H,25,26). The van der Waals surface area contributed by atoms with E-state index >= 15 is 0 Å². The number of nitrogens with one attached hydrogen (secondary N) is 1. The molecule has 138 valence electrons. The van der Waals surface area contributed by atoms with E-state index in [1.807, 2.05) is 42.1 Å². The van der Waals surface area contributed by atoms with Crippen molar-refractivity contribution in [2.24, 2.45) is 0 Å². The Morgan fingerprint density at radius 3 is 2.75 bits per heavy atom. The van der Waals surface area contributed by atoms with Crippen molar-refractivity contribution < 1.29 is 4.39 Å². The molecule has 1 N–H and O–H groups in total. The van der Waals surface area contributed by atoms with Crippen molar-refractivity contribution in [3.05, 3.63) is 89.1 Å². The van der Waals surface area contributed by atoms with Crippen LogP contribution in [0.4, 0.5) is 10.1 Å². The van der Waals surface area contributed by atoms with E-state index in [1.165, 1.54) is 18.3 Å². The maximum Gasteiger partial charge on any atom is 0.124 e. The van der Waals surface area contributed by atoms with Gasteiger partial charge in [0, 0.05) is 30.5 Å². The van der Waals surface area contributed by atoms with Gasteiger partial charge in [-0.3, -0.25) is 9.67 Å². The zero-order valence-electron chi connectivity index (χ0n) is 15.4. The summed E-state index contributed by atoms with van der Waals surface area (Å²) in [7, 11) is 0. The molecule has 5 nitrogen and oxygen atoms in total. The van der Waals surface area contributed by atoms with Gasteiger partial charge in [0.1, 0.15) is 11.9 Å². The van der Waals surface area contributed by atoms with Gasteiger partial charge in [-0.05, 0) is 41.8 Å². The zero-order chi connectivity index (χ0) is 19.5. The van der Waals surface area contributed by atoms with Gasteiger partial charge in [-0.15, -0.1) is 0 Å². The number of fused-ring (bicyclic) bond motifs is 1. The Labute approximate surface area is 162 Å². The maximum absolute atomic E-state index is 14.0. The quantitative estimate of drug-likeness (QED) is 0.564. The Hall–Kier alpha value is -3.72. The average Bonchev–Trinajstić information content (AvgIpc) is 3.20. The molecule has 4 aromatic rings. The van der Waals surface area contributed by atoms with Gasteiger partial charge in [0.15, 0.2) is 0 Å². The minimum atomic E-state index is -0.343. The molecule has 0 fully saturated rings. The van der Waals surface area contributed by atoms with Crippen LogP contribution in [0.1, 0.15) is 22.3 Å². The number of rotatable bonds is 5. The van der Waals surface area contributed by atoms with Crippen molar-refractivity contribution in [1.82, 2.24) is 14.8 Å². The normalized spacial score (nSPS) is 10.8. The number of halogens is 1. The minimum absolute atomic E-state index is 0.343. The predicted molar refractivity (Wildman–Crippen MR) is 106 cm³/mol. The third-order valence-corrected chi connectivity index (χ3v) is 4.71. The van der Waals surface area contributed by atoms with Crippen LogP contribution >= 0.6 is 0 Å². The third-order valence-electron chi connectivity index (χ3n) is 4.71. The summed E-state index contributed by atoms with van der Waals surface area (Å²) in [4.78, 5) is 4.34. The topological polar surface area (TPSA) is 66.5 Å². The number of hydrogen-bond acceptors (Lipinski definition) is 4. The van der Waals surface area contributed by atoms with Crippen LogP contribution in [0.3, 0.4) is 0 Å². The fourth-order valence-corrected chi connectivity index (χ4v) is 3.35. The van der Waals surface area contributed by atoms with Gasteiger partial charge in [0.2, 0.25) is 0 Å². The molecule has 0 bridgehead atoms. The Bertz CT molecular complexity index is 1180. The van der Waals surface area contributed by atoms with E-state index in [0.29, 0.717) is 35.2 Å². The molecule has 4 rings (SSSR count). The Kier molecular flexibility index (Phi) is 4.73. The number of anilines is 1. The molecule has 0 atom stereocenters. The van der Waals surface area contributed by atoms with Gasteiger partial charge in [-0.25, -0.2) is 4.39 Å². The molecule has 2 heterocycles. The van der Waals surface area contributed by atoms with E-state index in [4.69, 9.17) is 0 Å². The lowest BCUT2D eigenvalue weighted by molar-refractivity contribution is 0.628. The highest BCUT2D eigenvalue weighted by Crippen LogP contribution is 2.29. The lowest BCUT2D eigenvalue weighted by Crippen LogP contribution is -2.08. The van der Waals surface area contributed by atoms with Gasteiger partial charge in [-0.2, -0.15) is 10.4 Å². The first-order valence-corrected chi connectivity index (χ1v) is 8.93. The van der Waals surface area contributed by atoms with Crippen LogP contribution < -0.4 is 5.32 Å². The van der Waals surface area contributed by atoms with E-state index in [0.717, 1.165) is 16.7 Å².